The summed E-state index contributed by atoms with van der Waals surface area (Å²) in [7, 11) is 0. The number of anilines is 1. The number of hydrogen-bond donors (Lipinski definition) is 1. The average molecular weight is 286 g/mol. The lowest BCUT2D eigenvalue weighted by Gasteiger charge is -2.27. The van der Waals surface area contributed by atoms with Crippen molar-refractivity contribution in [1.29, 1.82) is 0 Å². The Morgan fingerprint density at radius 1 is 1.24 bits per heavy atom. The maximum Gasteiger partial charge on any atom is 0.270 e. The highest BCUT2D eigenvalue weighted by molar-refractivity contribution is 5.90. The minimum absolute atomic E-state index is 0.0672. The van der Waals surface area contributed by atoms with Crippen LogP contribution >= 0.6 is 0 Å². The summed E-state index contributed by atoms with van der Waals surface area (Å²) in [5, 5.41) is 15.1. The van der Waals surface area contributed by atoms with Crippen molar-refractivity contribution in [3.63, 3.8) is 0 Å². The number of hydrogen-bond acceptors (Lipinski definition) is 5. The van der Waals surface area contributed by atoms with Gasteiger partial charge >= 0.3 is 0 Å². The van der Waals surface area contributed by atoms with Crippen LogP contribution in [0.1, 0.15) is 32.6 Å². The largest absolute Gasteiger partial charge is 0.367 e. The molecule has 21 heavy (non-hydrogen) atoms. The molecule has 1 aliphatic carbocycles. The number of benzene rings is 1. The molecule has 2 aromatic rings. The molecule has 1 saturated carbocycles. The fourth-order valence-electron chi connectivity index (χ4n) is 2.87. The maximum absolute atomic E-state index is 10.9. The molecule has 0 bridgehead atoms. The molecule has 0 radical (unpaired) electrons. The van der Waals surface area contributed by atoms with Gasteiger partial charge in [0.1, 0.15) is 12.1 Å². The molecule has 0 saturated heterocycles. The van der Waals surface area contributed by atoms with Crippen molar-refractivity contribution >= 4 is 22.4 Å². The van der Waals surface area contributed by atoms with Crippen LogP contribution < -0.4 is 5.32 Å². The molecule has 0 amide bonds. The smallest absolute Gasteiger partial charge is 0.270 e. The number of nitrogens with one attached hydrogen (secondary N) is 1. The Bertz CT molecular complexity index is 666. The Hall–Kier alpha value is -2.24. The lowest BCUT2D eigenvalue weighted by molar-refractivity contribution is -0.384. The van der Waals surface area contributed by atoms with Crippen molar-refractivity contribution < 1.29 is 4.92 Å². The summed E-state index contributed by atoms with van der Waals surface area (Å²) in [4.78, 5) is 19.0. The number of nitro benzene ring substituents is 1. The zero-order chi connectivity index (χ0) is 14.8. The van der Waals surface area contributed by atoms with Crippen LogP contribution in [0.4, 0.5) is 11.5 Å². The van der Waals surface area contributed by atoms with Gasteiger partial charge in [-0.1, -0.05) is 6.92 Å². The van der Waals surface area contributed by atoms with Crippen molar-refractivity contribution in [2.75, 3.05) is 5.32 Å². The van der Waals surface area contributed by atoms with Crippen molar-refractivity contribution in [3.8, 4) is 0 Å². The summed E-state index contributed by atoms with van der Waals surface area (Å²) in [6.45, 7) is 2.28. The van der Waals surface area contributed by atoms with Crippen LogP contribution in [0, 0.1) is 16.0 Å². The van der Waals surface area contributed by atoms with E-state index in [1.54, 1.807) is 12.1 Å². The zero-order valence-electron chi connectivity index (χ0n) is 12.0. The monoisotopic (exact) mass is 286 g/mol. The Kier molecular flexibility index (Phi) is 3.68. The Balaban J connectivity index is 1.90. The van der Waals surface area contributed by atoms with E-state index in [1.807, 2.05) is 0 Å². The lowest BCUT2D eigenvalue weighted by atomic mass is 9.87. The van der Waals surface area contributed by atoms with Gasteiger partial charge in [-0.2, -0.15) is 0 Å². The van der Waals surface area contributed by atoms with Crippen molar-refractivity contribution in [2.45, 2.75) is 38.6 Å². The average Bonchev–Trinajstić information content (AvgIpc) is 2.49. The van der Waals surface area contributed by atoms with Crippen molar-refractivity contribution in [3.05, 3.63) is 34.6 Å². The molecular formula is C15H18N4O2. The van der Waals surface area contributed by atoms with E-state index in [0.29, 0.717) is 17.2 Å². The molecule has 1 aromatic carbocycles. The van der Waals surface area contributed by atoms with E-state index in [0.717, 1.165) is 24.3 Å². The van der Waals surface area contributed by atoms with E-state index in [1.165, 1.54) is 25.2 Å². The standard InChI is InChI=1S/C15H18N4O2/c1-10-2-4-11(5-3-10)18-15-13-8-12(19(20)21)6-7-14(13)16-9-17-15/h6-11H,2-5H2,1H3,(H,16,17,18). The number of aromatic nitrogens is 2. The molecule has 6 nitrogen and oxygen atoms in total. The minimum Gasteiger partial charge on any atom is -0.367 e. The van der Waals surface area contributed by atoms with Gasteiger partial charge in [0.15, 0.2) is 0 Å². The molecule has 1 aliphatic rings. The van der Waals surface area contributed by atoms with Gasteiger partial charge in [0.25, 0.3) is 5.69 Å². The summed E-state index contributed by atoms with van der Waals surface area (Å²) in [6, 6.07) is 5.08. The Morgan fingerprint density at radius 3 is 2.71 bits per heavy atom. The second kappa shape index (κ2) is 5.63. The van der Waals surface area contributed by atoms with Gasteiger partial charge in [-0.05, 0) is 37.7 Å². The van der Waals surface area contributed by atoms with E-state index < -0.39 is 4.92 Å². The molecule has 0 unspecified atom stereocenters. The number of fused-ring (bicyclic) bond motifs is 1. The Morgan fingerprint density at radius 2 is 2.00 bits per heavy atom. The van der Waals surface area contributed by atoms with Gasteiger partial charge in [0.2, 0.25) is 0 Å². The zero-order valence-corrected chi connectivity index (χ0v) is 12.0. The molecule has 110 valence electrons. The fourth-order valence-corrected chi connectivity index (χ4v) is 2.87. The number of nitro groups is 1. The maximum atomic E-state index is 10.9. The van der Waals surface area contributed by atoms with Crippen molar-refractivity contribution in [2.24, 2.45) is 5.92 Å². The minimum atomic E-state index is -0.390. The molecule has 1 fully saturated rings. The predicted octanol–water partition coefficient (Wildman–Crippen LogP) is 3.53. The highest BCUT2D eigenvalue weighted by atomic mass is 16.6. The first-order valence-corrected chi connectivity index (χ1v) is 7.29. The molecule has 6 heteroatoms. The molecule has 1 N–H and O–H groups in total. The summed E-state index contributed by atoms with van der Waals surface area (Å²) in [5.41, 5.74) is 0.792. The number of non-ortho nitro benzene ring substituents is 1. The van der Waals surface area contributed by atoms with Gasteiger partial charge < -0.3 is 5.32 Å². The van der Waals surface area contributed by atoms with Crippen LogP contribution in [0.15, 0.2) is 24.5 Å². The van der Waals surface area contributed by atoms with Crippen LogP contribution in [0.25, 0.3) is 10.9 Å². The van der Waals surface area contributed by atoms with Gasteiger partial charge in [0.05, 0.1) is 10.4 Å². The first-order valence-electron chi connectivity index (χ1n) is 7.29. The molecular weight excluding hydrogens is 268 g/mol. The third-order valence-electron chi connectivity index (χ3n) is 4.19. The van der Waals surface area contributed by atoms with Crippen molar-refractivity contribution in [1.82, 2.24) is 9.97 Å². The summed E-state index contributed by atoms with van der Waals surface area (Å²) >= 11 is 0. The first-order chi connectivity index (χ1) is 10.1. The second-order valence-corrected chi connectivity index (χ2v) is 5.78. The highest BCUT2D eigenvalue weighted by Crippen LogP contribution is 2.29. The number of rotatable bonds is 3. The van der Waals surface area contributed by atoms with Crippen LogP contribution in [-0.4, -0.2) is 20.9 Å². The summed E-state index contributed by atoms with van der Waals surface area (Å²) in [5.74, 6) is 1.48. The quantitative estimate of drug-likeness (QED) is 0.689. The van der Waals surface area contributed by atoms with Crippen LogP contribution in [0.5, 0.6) is 0 Å². The van der Waals surface area contributed by atoms with Crippen LogP contribution in [0.3, 0.4) is 0 Å². The molecule has 1 aromatic heterocycles. The van der Waals surface area contributed by atoms with E-state index in [2.05, 4.69) is 22.2 Å². The van der Waals surface area contributed by atoms with Gasteiger partial charge in [-0.3, -0.25) is 10.1 Å². The third-order valence-corrected chi connectivity index (χ3v) is 4.19. The van der Waals surface area contributed by atoms with E-state index in [9.17, 15) is 10.1 Å². The molecule has 0 atom stereocenters. The first kappa shape index (κ1) is 13.7. The van der Waals surface area contributed by atoms with E-state index >= 15 is 0 Å². The fraction of sp³-hybridized carbons (Fsp3) is 0.467. The van der Waals surface area contributed by atoms with E-state index in [-0.39, 0.29) is 5.69 Å². The third kappa shape index (κ3) is 2.94. The van der Waals surface area contributed by atoms with E-state index in [4.69, 9.17) is 0 Å². The van der Waals surface area contributed by atoms with Crippen LogP contribution in [0.2, 0.25) is 0 Å². The molecule has 0 aliphatic heterocycles. The lowest BCUT2D eigenvalue weighted by Crippen LogP contribution is -2.25. The van der Waals surface area contributed by atoms with Gasteiger partial charge in [-0.15, -0.1) is 0 Å². The normalized spacial score (nSPS) is 22.1. The Labute approximate surface area is 122 Å². The topological polar surface area (TPSA) is 81.0 Å². The van der Waals surface area contributed by atoms with Crippen LogP contribution in [-0.2, 0) is 0 Å². The molecule has 3 rings (SSSR count). The van der Waals surface area contributed by atoms with Gasteiger partial charge in [-0.25, -0.2) is 9.97 Å². The molecule has 1 heterocycles. The molecule has 0 spiro atoms. The number of nitrogens with zero attached hydrogens (tertiary/aromatic N) is 3. The SMILES string of the molecule is CC1CCC(Nc2ncnc3ccc([N+](=O)[O-])cc23)CC1. The second-order valence-electron chi connectivity index (χ2n) is 5.78. The van der Waals surface area contributed by atoms with Gasteiger partial charge in [0, 0.05) is 23.6 Å². The summed E-state index contributed by atoms with van der Waals surface area (Å²) < 4.78 is 0. The predicted molar refractivity (Wildman–Crippen MR) is 81.2 cm³/mol. The summed E-state index contributed by atoms with van der Waals surface area (Å²) in [6.07, 6.45) is 6.15. The highest BCUT2D eigenvalue weighted by Gasteiger charge is 2.19.